The number of aromatic amines is 1. The molecule has 5 nitrogen and oxygen atoms in total. The largest absolute Gasteiger partial charge is 0.497 e. The van der Waals surface area contributed by atoms with Gasteiger partial charge >= 0.3 is 0 Å². The maximum atomic E-state index is 12.5. The Balaban J connectivity index is 1.57. The zero-order chi connectivity index (χ0) is 17.1. The lowest BCUT2D eigenvalue weighted by Gasteiger charge is -2.36. The zero-order valence-electron chi connectivity index (χ0n) is 13.9. The van der Waals surface area contributed by atoms with Crippen LogP contribution >= 0.6 is 23.6 Å². The topological polar surface area (TPSA) is 48.6 Å². The van der Waals surface area contributed by atoms with E-state index in [1.165, 1.54) is 17.0 Å². The number of piperazine rings is 1. The highest BCUT2D eigenvalue weighted by atomic mass is 32.1. The van der Waals surface area contributed by atoms with Crippen molar-refractivity contribution in [1.82, 2.24) is 9.88 Å². The Labute approximate surface area is 150 Å². The van der Waals surface area contributed by atoms with Crippen molar-refractivity contribution in [3.8, 4) is 5.75 Å². The number of amides is 1. The molecule has 0 saturated carbocycles. The van der Waals surface area contributed by atoms with E-state index in [1.807, 2.05) is 24.0 Å². The first-order valence-electron chi connectivity index (χ1n) is 7.92. The number of carbonyl (C=O) groups is 1. The molecule has 1 aromatic heterocycles. The quantitative estimate of drug-likeness (QED) is 0.849. The number of carbonyl (C=O) groups excluding carboxylic acids is 1. The molecule has 2 aromatic rings. The molecule has 0 bridgehead atoms. The maximum absolute atomic E-state index is 12.5. The van der Waals surface area contributed by atoms with Crippen molar-refractivity contribution in [1.29, 1.82) is 0 Å². The van der Waals surface area contributed by atoms with Crippen molar-refractivity contribution in [2.75, 3.05) is 38.2 Å². The normalized spacial score (nSPS) is 14.8. The summed E-state index contributed by atoms with van der Waals surface area (Å²) in [4.78, 5) is 20.9. The molecular formula is C17H21N3O2S2. The standard InChI is InChI=1S/C17H21N3O2S2/c1-12-15(24-17(23)18-12)11-16(21)20-9-7-19(8-10-20)13-3-5-14(22-2)6-4-13/h3-6H,7-11H2,1-2H3,(H,18,23). The lowest BCUT2D eigenvalue weighted by atomic mass is 10.2. The zero-order valence-corrected chi connectivity index (χ0v) is 15.5. The minimum atomic E-state index is 0.178. The second kappa shape index (κ2) is 7.36. The first-order chi connectivity index (χ1) is 11.6. The highest BCUT2D eigenvalue weighted by molar-refractivity contribution is 7.73. The number of aryl methyl sites for hydroxylation is 1. The highest BCUT2D eigenvalue weighted by Gasteiger charge is 2.22. The average Bonchev–Trinajstić information content (AvgIpc) is 2.92. The van der Waals surface area contributed by atoms with Crippen molar-refractivity contribution < 1.29 is 9.53 Å². The fourth-order valence-corrected chi connectivity index (χ4v) is 4.14. The Hall–Kier alpha value is -1.86. The molecule has 0 radical (unpaired) electrons. The number of hydrogen-bond donors (Lipinski definition) is 1. The molecule has 128 valence electrons. The van der Waals surface area contributed by atoms with Gasteiger partial charge in [-0.2, -0.15) is 0 Å². The Morgan fingerprint density at radius 1 is 1.25 bits per heavy atom. The van der Waals surface area contributed by atoms with Gasteiger partial charge in [0.25, 0.3) is 0 Å². The van der Waals surface area contributed by atoms with Gasteiger partial charge in [0.05, 0.1) is 13.5 Å². The van der Waals surface area contributed by atoms with Gasteiger partial charge in [-0.15, -0.1) is 11.3 Å². The first-order valence-corrected chi connectivity index (χ1v) is 9.14. The number of rotatable bonds is 4. The summed E-state index contributed by atoms with van der Waals surface area (Å²) in [5.74, 6) is 1.04. The molecule has 1 fully saturated rings. The van der Waals surface area contributed by atoms with Crippen LogP contribution < -0.4 is 9.64 Å². The van der Waals surface area contributed by atoms with Gasteiger partial charge in [0.2, 0.25) is 5.91 Å². The minimum Gasteiger partial charge on any atom is -0.497 e. The Bertz CT molecular complexity index is 759. The average molecular weight is 364 g/mol. The van der Waals surface area contributed by atoms with Crippen LogP contribution in [0.25, 0.3) is 0 Å². The summed E-state index contributed by atoms with van der Waals surface area (Å²) in [5, 5.41) is 0. The van der Waals surface area contributed by atoms with Gasteiger partial charge in [0, 0.05) is 42.4 Å². The fraction of sp³-hybridized carbons (Fsp3) is 0.412. The van der Waals surface area contributed by atoms with E-state index in [2.05, 4.69) is 22.0 Å². The Morgan fingerprint density at radius 2 is 1.92 bits per heavy atom. The summed E-state index contributed by atoms with van der Waals surface area (Å²) >= 11 is 6.64. The van der Waals surface area contributed by atoms with Crippen LogP contribution in [0.3, 0.4) is 0 Å². The van der Waals surface area contributed by atoms with E-state index in [9.17, 15) is 4.79 Å². The summed E-state index contributed by atoms with van der Waals surface area (Å²) in [6.45, 7) is 5.16. The van der Waals surface area contributed by atoms with E-state index < -0.39 is 0 Å². The van der Waals surface area contributed by atoms with E-state index in [0.717, 1.165) is 46.5 Å². The van der Waals surface area contributed by atoms with E-state index in [0.29, 0.717) is 6.42 Å². The van der Waals surface area contributed by atoms with E-state index in [-0.39, 0.29) is 5.91 Å². The van der Waals surface area contributed by atoms with Crippen LogP contribution in [0, 0.1) is 10.9 Å². The third-order valence-corrected chi connectivity index (χ3v) is 5.64. The number of aromatic nitrogens is 1. The Morgan fingerprint density at radius 3 is 2.46 bits per heavy atom. The number of benzene rings is 1. The van der Waals surface area contributed by atoms with Gasteiger partial charge in [-0.25, -0.2) is 0 Å². The number of methoxy groups -OCH3 is 1. The van der Waals surface area contributed by atoms with Crippen LogP contribution in [0.5, 0.6) is 5.75 Å². The molecule has 1 N–H and O–H groups in total. The number of hydrogen-bond acceptors (Lipinski definition) is 5. The molecule has 1 aliphatic heterocycles. The third kappa shape index (κ3) is 3.79. The van der Waals surface area contributed by atoms with Crippen LogP contribution in [0.15, 0.2) is 24.3 Å². The number of thiazole rings is 1. The van der Waals surface area contributed by atoms with Crippen molar-refractivity contribution in [3.05, 3.63) is 38.8 Å². The van der Waals surface area contributed by atoms with Crippen molar-refractivity contribution in [2.24, 2.45) is 0 Å². The van der Waals surface area contributed by atoms with Gasteiger partial charge in [-0.05, 0) is 43.4 Å². The molecule has 2 heterocycles. The van der Waals surface area contributed by atoms with Crippen LogP contribution in [0.1, 0.15) is 10.6 Å². The van der Waals surface area contributed by atoms with E-state index >= 15 is 0 Å². The second-order valence-electron chi connectivity index (χ2n) is 5.81. The monoisotopic (exact) mass is 363 g/mol. The lowest BCUT2D eigenvalue weighted by Crippen LogP contribution is -2.49. The summed E-state index contributed by atoms with van der Waals surface area (Å²) in [6.07, 6.45) is 0.437. The lowest BCUT2D eigenvalue weighted by molar-refractivity contribution is -0.130. The van der Waals surface area contributed by atoms with Gasteiger partial charge in [-0.3, -0.25) is 4.79 Å². The van der Waals surface area contributed by atoms with Crippen LogP contribution in [-0.2, 0) is 11.2 Å². The van der Waals surface area contributed by atoms with E-state index in [1.54, 1.807) is 7.11 Å². The molecule has 0 spiro atoms. The second-order valence-corrected chi connectivity index (χ2v) is 7.58. The highest BCUT2D eigenvalue weighted by Crippen LogP contribution is 2.21. The van der Waals surface area contributed by atoms with Crippen molar-refractivity contribution in [3.63, 3.8) is 0 Å². The SMILES string of the molecule is COc1ccc(N2CCN(C(=O)Cc3sc(=S)[nH]c3C)CC2)cc1. The Kier molecular flexibility index (Phi) is 5.20. The number of nitrogens with one attached hydrogen (secondary N) is 1. The first kappa shape index (κ1) is 17.0. The maximum Gasteiger partial charge on any atom is 0.228 e. The van der Waals surface area contributed by atoms with Gasteiger partial charge in [0.1, 0.15) is 5.75 Å². The number of anilines is 1. The summed E-state index contributed by atoms with van der Waals surface area (Å²) in [6, 6.07) is 8.06. The molecule has 0 unspecified atom stereocenters. The summed E-state index contributed by atoms with van der Waals surface area (Å²) < 4.78 is 5.93. The van der Waals surface area contributed by atoms with Crippen molar-refractivity contribution in [2.45, 2.75) is 13.3 Å². The molecule has 3 rings (SSSR count). The van der Waals surface area contributed by atoms with Gasteiger partial charge in [-0.1, -0.05) is 0 Å². The third-order valence-electron chi connectivity index (χ3n) is 4.31. The molecule has 1 amide bonds. The smallest absolute Gasteiger partial charge is 0.228 e. The molecule has 0 atom stereocenters. The number of nitrogens with zero attached hydrogens (tertiary/aromatic N) is 2. The molecular weight excluding hydrogens is 342 g/mol. The fourth-order valence-electron chi connectivity index (χ4n) is 2.86. The van der Waals surface area contributed by atoms with Crippen molar-refractivity contribution >= 4 is 35.1 Å². The van der Waals surface area contributed by atoms with Gasteiger partial charge < -0.3 is 19.5 Å². The summed E-state index contributed by atoms with van der Waals surface area (Å²) in [7, 11) is 1.67. The van der Waals surface area contributed by atoms with Crippen LogP contribution in [0.4, 0.5) is 5.69 Å². The molecule has 1 aliphatic rings. The van der Waals surface area contributed by atoms with Crippen LogP contribution in [-0.4, -0.2) is 49.1 Å². The molecule has 1 saturated heterocycles. The molecule has 7 heteroatoms. The minimum absolute atomic E-state index is 0.178. The predicted octanol–water partition coefficient (Wildman–Crippen LogP) is 3.01. The molecule has 24 heavy (non-hydrogen) atoms. The predicted molar refractivity (Wildman–Crippen MR) is 99.7 cm³/mol. The number of H-pyrrole nitrogens is 1. The molecule has 0 aliphatic carbocycles. The number of ether oxygens (including phenoxy) is 1. The molecule has 1 aromatic carbocycles. The van der Waals surface area contributed by atoms with E-state index in [4.69, 9.17) is 17.0 Å². The van der Waals surface area contributed by atoms with Crippen LogP contribution in [0.2, 0.25) is 0 Å². The van der Waals surface area contributed by atoms with Gasteiger partial charge in [0.15, 0.2) is 3.95 Å². The summed E-state index contributed by atoms with van der Waals surface area (Å²) in [5.41, 5.74) is 2.18.